The molecule has 5 rings (SSSR count). The van der Waals surface area contributed by atoms with Crippen molar-refractivity contribution < 1.29 is 17.9 Å². The van der Waals surface area contributed by atoms with Gasteiger partial charge in [-0.2, -0.15) is 0 Å². The van der Waals surface area contributed by atoms with E-state index in [1.165, 1.54) is 17.2 Å². The van der Waals surface area contributed by atoms with Crippen LogP contribution in [0.2, 0.25) is 0 Å². The SMILES string of the molecule is CCCOCc1cccc(CN2CCCN(C(=O)c3ccc(NS(=O)(=O)c4cccc5cccnc45)cc3)CC2)c1. The van der Waals surface area contributed by atoms with Gasteiger partial charge in [0.2, 0.25) is 0 Å². The van der Waals surface area contributed by atoms with Crippen molar-refractivity contribution in [2.24, 2.45) is 0 Å². The van der Waals surface area contributed by atoms with E-state index in [2.05, 4.69) is 45.8 Å². The molecule has 9 heteroatoms. The predicted molar refractivity (Wildman–Crippen MR) is 161 cm³/mol. The minimum absolute atomic E-state index is 0.0467. The monoisotopic (exact) mass is 572 g/mol. The lowest BCUT2D eigenvalue weighted by Crippen LogP contribution is -2.35. The standard InChI is InChI=1S/C32H36N4O4S/c1-2-21-40-24-26-8-3-7-25(22-26)23-35-17-6-18-36(20-19-35)32(37)28-12-14-29(15-13-28)34-41(38,39)30-11-4-9-27-10-5-16-33-31(27)30/h3-5,7-16,22,34H,2,6,17-21,23-24H2,1H3. The van der Waals surface area contributed by atoms with E-state index in [0.29, 0.717) is 36.5 Å². The first kappa shape index (κ1) is 28.7. The fourth-order valence-electron chi connectivity index (χ4n) is 5.11. The first-order chi connectivity index (χ1) is 19.9. The summed E-state index contributed by atoms with van der Waals surface area (Å²) in [5.74, 6) is -0.0467. The van der Waals surface area contributed by atoms with Gasteiger partial charge in [-0.25, -0.2) is 8.42 Å². The number of carbonyl (C=O) groups excluding carboxylic acids is 1. The number of nitrogens with one attached hydrogen (secondary N) is 1. The minimum Gasteiger partial charge on any atom is -0.377 e. The Labute approximate surface area is 242 Å². The Morgan fingerprint density at radius 3 is 2.54 bits per heavy atom. The third-order valence-corrected chi connectivity index (χ3v) is 8.57. The van der Waals surface area contributed by atoms with Crippen LogP contribution in [0.25, 0.3) is 10.9 Å². The lowest BCUT2D eigenvalue weighted by molar-refractivity contribution is 0.0761. The largest absolute Gasteiger partial charge is 0.377 e. The summed E-state index contributed by atoms with van der Waals surface area (Å²) in [7, 11) is -3.86. The van der Waals surface area contributed by atoms with Gasteiger partial charge in [-0.1, -0.05) is 49.4 Å². The molecule has 0 spiro atoms. The molecule has 2 heterocycles. The Balaban J connectivity index is 1.18. The van der Waals surface area contributed by atoms with E-state index in [-0.39, 0.29) is 10.8 Å². The fraction of sp³-hybridized carbons (Fsp3) is 0.312. The van der Waals surface area contributed by atoms with Gasteiger partial charge in [0.1, 0.15) is 4.90 Å². The first-order valence-electron chi connectivity index (χ1n) is 14.1. The van der Waals surface area contributed by atoms with Crippen LogP contribution in [0.3, 0.4) is 0 Å². The van der Waals surface area contributed by atoms with Crippen molar-refractivity contribution in [1.29, 1.82) is 0 Å². The van der Waals surface area contributed by atoms with Crippen LogP contribution in [-0.4, -0.2) is 61.9 Å². The highest BCUT2D eigenvalue weighted by molar-refractivity contribution is 7.93. The van der Waals surface area contributed by atoms with Gasteiger partial charge in [0.05, 0.1) is 12.1 Å². The van der Waals surface area contributed by atoms with E-state index in [1.54, 1.807) is 42.6 Å². The summed E-state index contributed by atoms with van der Waals surface area (Å²) in [6.45, 7) is 7.37. The summed E-state index contributed by atoms with van der Waals surface area (Å²) in [6, 6.07) is 23.8. The van der Waals surface area contributed by atoms with Gasteiger partial charge in [-0.3, -0.25) is 19.4 Å². The third-order valence-electron chi connectivity index (χ3n) is 7.16. The van der Waals surface area contributed by atoms with E-state index in [1.807, 2.05) is 17.0 Å². The molecular weight excluding hydrogens is 536 g/mol. The maximum Gasteiger partial charge on any atom is 0.264 e. The molecular formula is C32H36N4O4S. The molecule has 1 aliphatic heterocycles. The summed E-state index contributed by atoms with van der Waals surface area (Å²) in [5.41, 5.74) is 3.77. The van der Waals surface area contributed by atoms with Gasteiger partial charge in [0.25, 0.3) is 15.9 Å². The maximum atomic E-state index is 13.3. The van der Waals surface area contributed by atoms with E-state index in [9.17, 15) is 13.2 Å². The number of pyridine rings is 1. The Hall–Kier alpha value is -3.79. The number of fused-ring (bicyclic) bond motifs is 1. The van der Waals surface area contributed by atoms with Crippen molar-refractivity contribution in [3.05, 3.63) is 102 Å². The van der Waals surface area contributed by atoms with Gasteiger partial charge < -0.3 is 9.64 Å². The second-order valence-electron chi connectivity index (χ2n) is 10.3. The second-order valence-corrected chi connectivity index (χ2v) is 12.0. The number of carbonyl (C=O) groups is 1. The molecule has 0 saturated carbocycles. The van der Waals surface area contributed by atoms with Gasteiger partial charge in [-0.05, 0) is 60.4 Å². The normalized spacial score (nSPS) is 14.6. The van der Waals surface area contributed by atoms with Crippen molar-refractivity contribution in [3.63, 3.8) is 0 Å². The number of rotatable bonds is 10. The van der Waals surface area contributed by atoms with Crippen LogP contribution in [0.4, 0.5) is 5.69 Å². The lowest BCUT2D eigenvalue weighted by Gasteiger charge is -2.22. The van der Waals surface area contributed by atoms with Gasteiger partial charge in [0, 0.05) is 62.2 Å². The molecule has 1 aliphatic rings. The average molecular weight is 573 g/mol. The second kappa shape index (κ2) is 13.2. The number of hydrogen-bond acceptors (Lipinski definition) is 6. The molecule has 1 saturated heterocycles. The van der Waals surface area contributed by atoms with Crippen LogP contribution in [0.15, 0.2) is 90.0 Å². The molecule has 1 N–H and O–H groups in total. The zero-order valence-electron chi connectivity index (χ0n) is 23.3. The average Bonchev–Trinajstić information content (AvgIpc) is 3.22. The van der Waals surface area contributed by atoms with Crippen LogP contribution >= 0.6 is 0 Å². The summed E-state index contributed by atoms with van der Waals surface area (Å²) >= 11 is 0. The van der Waals surface area contributed by atoms with Gasteiger partial charge in [-0.15, -0.1) is 0 Å². The molecule has 3 aromatic carbocycles. The van der Waals surface area contributed by atoms with Crippen molar-refractivity contribution in [2.45, 2.75) is 37.8 Å². The molecule has 0 bridgehead atoms. The van der Waals surface area contributed by atoms with Crippen LogP contribution in [0.1, 0.15) is 41.3 Å². The smallest absolute Gasteiger partial charge is 0.264 e. The highest BCUT2D eigenvalue weighted by Crippen LogP contribution is 2.24. The molecule has 0 aliphatic carbocycles. The number of ether oxygens (including phenoxy) is 1. The highest BCUT2D eigenvalue weighted by Gasteiger charge is 2.22. The van der Waals surface area contributed by atoms with Crippen molar-refractivity contribution in [1.82, 2.24) is 14.8 Å². The maximum absolute atomic E-state index is 13.3. The Morgan fingerprint density at radius 2 is 1.71 bits per heavy atom. The molecule has 0 radical (unpaired) electrons. The number of anilines is 1. The number of para-hydroxylation sites is 1. The molecule has 214 valence electrons. The topological polar surface area (TPSA) is 91.8 Å². The zero-order valence-corrected chi connectivity index (χ0v) is 24.1. The number of hydrogen-bond donors (Lipinski definition) is 1. The number of amides is 1. The molecule has 4 aromatic rings. The van der Waals surface area contributed by atoms with Crippen LogP contribution in [-0.2, 0) is 27.9 Å². The molecule has 1 amide bonds. The van der Waals surface area contributed by atoms with Crippen LogP contribution < -0.4 is 4.72 Å². The molecule has 0 unspecified atom stereocenters. The van der Waals surface area contributed by atoms with E-state index in [0.717, 1.165) is 44.5 Å². The van der Waals surface area contributed by atoms with Crippen molar-refractivity contribution >= 4 is 32.5 Å². The van der Waals surface area contributed by atoms with Crippen molar-refractivity contribution in [3.8, 4) is 0 Å². The van der Waals surface area contributed by atoms with Crippen LogP contribution in [0, 0.1) is 0 Å². The summed E-state index contributed by atoms with van der Waals surface area (Å²) < 4.78 is 34.6. The first-order valence-corrected chi connectivity index (χ1v) is 15.5. The lowest BCUT2D eigenvalue weighted by atomic mass is 10.1. The third kappa shape index (κ3) is 7.30. The van der Waals surface area contributed by atoms with E-state index in [4.69, 9.17) is 4.74 Å². The molecule has 0 atom stereocenters. The number of sulfonamides is 1. The quantitative estimate of drug-likeness (QED) is 0.259. The summed E-state index contributed by atoms with van der Waals surface area (Å²) in [5, 5.41) is 0.748. The van der Waals surface area contributed by atoms with Crippen LogP contribution in [0.5, 0.6) is 0 Å². The Kier molecular flexibility index (Phi) is 9.28. The van der Waals surface area contributed by atoms with Gasteiger partial charge >= 0.3 is 0 Å². The Morgan fingerprint density at radius 1 is 0.927 bits per heavy atom. The highest BCUT2D eigenvalue weighted by atomic mass is 32.2. The van der Waals surface area contributed by atoms with E-state index >= 15 is 0 Å². The van der Waals surface area contributed by atoms with Gasteiger partial charge in [0.15, 0.2) is 0 Å². The Bertz CT molecular complexity index is 1590. The fourth-order valence-corrected chi connectivity index (χ4v) is 6.35. The molecule has 41 heavy (non-hydrogen) atoms. The number of benzene rings is 3. The number of nitrogens with zero attached hydrogens (tertiary/aromatic N) is 3. The molecule has 1 fully saturated rings. The number of aromatic nitrogens is 1. The van der Waals surface area contributed by atoms with E-state index < -0.39 is 10.0 Å². The molecule has 8 nitrogen and oxygen atoms in total. The van der Waals surface area contributed by atoms with Crippen molar-refractivity contribution in [2.75, 3.05) is 37.5 Å². The minimum atomic E-state index is -3.86. The molecule has 1 aromatic heterocycles. The zero-order chi connectivity index (χ0) is 28.7. The summed E-state index contributed by atoms with van der Waals surface area (Å²) in [4.78, 5) is 21.9. The summed E-state index contributed by atoms with van der Waals surface area (Å²) in [6.07, 6.45) is 3.48. The predicted octanol–water partition coefficient (Wildman–Crippen LogP) is 5.31.